The van der Waals surface area contributed by atoms with E-state index in [1.165, 1.54) is 24.1 Å². The van der Waals surface area contributed by atoms with E-state index in [2.05, 4.69) is 5.32 Å². The molecule has 0 aliphatic rings. The minimum absolute atomic E-state index is 0.00875. The number of nitrogens with zero attached hydrogens (tertiary/aromatic N) is 2. The van der Waals surface area contributed by atoms with Crippen LogP contribution in [0.25, 0.3) is 0 Å². The Hall–Kier alpha value is -3.46. The summed E-state index contributed by atoms with van der Waals surface area (Å²) in [4.78, 5) is 36.9. The van der Waals surface area contributed by atoms with Crippen LogP contribution in [-0.2, 0) is 14.3 Å². The number of ether oxygens (including phenoxy) is 2. The molecule has 30 heavy (non-hydrogen) atoms. The first-order chi connectivity index (χ1) is 14.3. The van der Waals surface area contributed by atoms with Crippen molar-refractivity contribution in [2.75, 3.05) is 39.2 Å². The fourth-order valence-corrected chi connectivity index (χ4v) is 2.73. The average Bonchev–Trinajstić information content (AvgIpc) is 2.76. The van der Waals surface area contributed by atoms with Gasteiger partial charge in [0, 0.05) is 26.8 Å². The Morgan fingerprint density at radius 3 is 2.53 bits per heavy atom. The predicted molar refractivity (Wildman–Crippen MR) is 111 cm³/mol. The maximum atomic E-state index is 12.4. The number of rotatable bonds is 10. The minimum Gasteiger partial charge on any atom is -0.452 e. The molecule has 0 radical (unpaired) electrons. The predicted octanol–water partition coefficient (Wildman–Crippen LogP) is 3.03. The number of nitro groups is 1. The fraction of sp³-hybridized carbons (Fsp3) is 0.333. The monoisotopic (exact) mass is 415 g/mol. The van der Waals surface area contributed by atoms with E-state index in [0.29, 0.717) is 13.2 Å². The Bertz CT molecular complexity index is 888. The molecule has 2 aromatic carbocycles. The molecule has 160 valence electrons. The van der Waals surface area contributed by atoms with Crippen molar-refractivity contribution >= 4 is 23.3 Å². The molecule has 1 N–H and O–H groups in total. The highest BCUT2D eigenvalue weighted by Crippen LogP contribution is 2.26. The summed E-state index contributed by atoms with van der Waals surface area (Å²) in [7, 11) is 3.15. The number of hydrogen-bond acceptors (Lipinski definition) is 7. The summed E-state index contributed by atoms with van der Waals surface area (Å²) in [6.07, 6.45) is 0. The molecule has 0 heterocycles. The lowest BCUT2D eigenvalue weighted by Crippen LogP contribution is -2.33. The van der Waals surface area contributed by atoms with Crippen molar-refractivity contribution < 1.29 is 24.0 Å². The van der Waals surface area contributed by atoms with Crippen LogP contribution < -0.4 is 5.32 Å². The van der Waals surface area contributed by atoms with Gasteiger partial charge in [-0.05, 0) is 24.6 Å². The summed E-state index contributed by atoms with van der Waals surface area (Å²) in [6.45, 7) is 2.15. The summed E-state index contributed by atoms with van der Waals surface area (Å²) in [5.41, 5.74) is 0.945. The molecule has 0 saturated heterocycles. The van der Waals surface area contributed by atoms with Gasteiger partial charge in [0.05, 0.1) is 23.1 Å². The van der Waals surface area contributed by atoms with Crippen LogP contribution in [0.15, 0.2) is 48.5 Å². The van der Waals surface area contributed by atoms with Crippen LogP contribution in [0, 0.1) is 10.1 Å². The zero-order chi connectivity index (χ0) is 22.1. The van der Waals surface area contributed by atoms with Crippen LogP contribution in [0.2, 0.25) is 0 Å². The molecule has 2 aromatic rings. The molecule has 9 nitrogen and oxygen atoms in total. The van der Waals surface area contributed by atoms with E-state index in [-0.39, 0.29) is 28.9 Å². The molecule has 1 amide bonds. The number of likely N-dealkylation sites (N-methyl/N-ethyl adjacent to an activating group) is 1. The number of hydrogen-bond donors (Lipinski definition) is 1. The maximum absolute atomic E-state index is 12.4. The average molecular weight is 415 g/mol. The lowest BCUT2D eigenvalue weighted by atomic mass is 10.1. The van der Waals surface area contributed by atoms with Crippen LogP contribution in [0.1, 0.15) is 28.9 Å². The van der Waals surface area contributed by atoms with Gasteiger partial charge < -0.3 is 19.7 Å². The fourth-order valence-electron chi connectivity index (χ4n) is 2.73. The van der Waals surface area contributed by atoms with E-state index in [1.807, 2.05) is 37.3 Å². The Labute approximate surface area is 174 Å². The van der Waals surface area contributed by atoms with Crippen molar-refractivity contribution in [2.24, 2.45) is 0 Å². The first-order valence-electron chi connectivity index (χ1n) is 9.34. The van der Waals surface area contributed by atoms with Crippen LogP contribution in [0.5, 0.6) is 0 Å². The van der Waals surface area contributed by atoms with Gasteiger partial charge in [-0.25, -0.2) is 4.79 Å². The highest BCUT2D eigenvalue weighted by Gasteiger charge is 2.21. The molecule has 9 heteroatoms. The van der Waals surface area contributed by atoms with Gasteiger partial charge in [0.2, 0.25) is 0 Å². The van der Waals surface area contributed by atoms with E-state index >= 15 is 0 Å². The van der Waals surface area contributed by atoms with Gasteiger partial charge >= 0.3 is 5.97 Å². The van der Waals surface area contributed by atoms with Gasteiger partial charge in [0.25, 0.3) is 11.6 Å². The molecule has 2 rings (SSSR count). The molecular weight excluding hydrogens is 390 g/mol. The smallest absolute Gasteiger partial charge is 0.338 e. The largest absolute Gasteiger partial charge is 0.452 e. The van der Waals surface area contributed by atoms with Crippen molar-refractivity contribution in [3.05, 3.63) is 69.8 Å². The van der Waals surface area contributed by atoms with Crippen molar-refractivity contribution in [3.8, 4) is 0 Å². The zero-order valence-corrected chi connectivity index (χ0v) is 17.2. The summed E-state index contributed by atoms with van der Waals surface area (Å²) in [5, 5.41) is 14.2. The SMILES string of the molecule is COCCNc1ccc(C(=O)OCC(=O)N(C)[C@@H](C)c2ccccc2)cc1[N+](=O)[O-]. The van der Waals surface area contributed by atoms with Gasteiger partial charge in [-0.15, -0.1) is 0 Å². The van der Waals surface area contributed by atoms with Crippen LogP contribution in [-0.4, -0.2) is 55.6 Å². The third-order valence-electron chi connectivity index (χ3n) is 4.63. The molecule has 0 saturated carbocycles. The van der Waals surface area contributed by atoms with E-state index in [0.717, 1.165) is 11.6 Å². The second-order valence-corrected chi connectivity index (χ2v) is 6.58. The number of carbonyl (C=O) groups is 2. The normalized spacial score (nSPS) is 11.4. The molecule has 0 aliphatic heterocycles. The van der Waals surface area contributed by atoms with Gasteiger partial charge in [-0.1, -0.05) is 30.3 Å². The Morgan fingerprint density at radius 1 is 1.20 bits per heavy atom. The van der Waals surface area contributed by atoms with E-state index in [9.17, 15) is 19.7 Å². The number of benzene rings is 2. The molecule has 0 aromatic heterocycles. The molecule has 0 spiro atoms. The van der Waals surface area contributed by atoms with Crippen molar-refractivity contribution in [2.45, 2.75) is 13.0 Å². The van der Waals surface area contributed by atoms with Crippen molar-refractivity contribution in [1.82, 2.24) is 4.90 Å². The van der Waals surface area contributed by atoms with Gasteiger partial charge in [-0.2, -0.15) is 0 Å². The number of carbonyl (C=O) groups excluding carboxylic acids is 2. The quantitative estimate of drug-likeness (QED) is 0.275. The number of methoxy groups -OCH3 is 1. The number of nitro benzene ring substituents is 1. The van der Waals surface area contributed by atoms with Crippen molar-refractivity contribution in [3.63, 3.8) is 0 Å². The second kappa shape index (κ2) is 10.9. The number of amides is 1. The summed E-state index contributed by atoms with van der Waals surface area (Å²) >= 11 is 0. The molecule has 0 fully saturated rings. The van der Waals surface area contributed by atoms with Crippen LogP contribution >= 0.6 is 0 Å². The third-order valence-corrected chi connectivity index (χ3v) is 4.63. The number of anilines is 1. The summed E-state index contributed by atoms with van der Waals surface area (Å²) in [5.74, 6) is -1.19. The molecule has 0 aliphatic carbocycles. The van der Waals surface area contributed by atoms with Gasteiger partial charge in [-0.3, -0.25) is 14.9 Å². The maximum Gasteiger partial charge on any atom is 0.338 e. The first kappa shape index (κ1) is 22.8. The first-order valence-corrected chi connectivity index (χ1v) is 9.34. The van der Waals surface area contributed by atoms with E-state index < -0.39 is 17.5 Å². The Morgan fingerprint density at radius 2 is 1.90 bits per heavy atom. The van der Waals surface area contributed by atoms with E-state index in [1.54, 1.807) is 7.05 Å². The highest BCUT2D eigenvalue weighted by molar-refractivity contribution is 5.93. The minimum atomic E-state index is -0.810. The van der Waals surface area contributed by atoms with Crippen LogP contribution in [0.4, 0.5) is 11.4 Å². The second-order valence-electron chi connectivity index (χ2n) is 6.58. The highest BCUT2D eigenvalue weighted by atomic mass is 16.6. The molecule has 1 atom stereocenters. The van der Waals surface area contributed by atoms with Crippen LogP contribution in [0.3, 0.4) is 0 Å². The lowest BCUT2D eigenvalue weighted by molar-refractivity contribution is -0.384. The topological polar surface area (TPSA) is 111 Å². The molecule has 0 unspecified atom stereocenters. The zero-order valence-electron chi connectivity index (χ0n) is 17.2. The Balaban J connectivity index is 2.00. The number of nitrogens with one attached hydrogen (secondary N) is 1. The van der Waals surface area contributed by atoms with Crippen molar-refractivity contribution in [1.29, 1.82) is 0 Å². The molecular formula is C21H25N3O6. The van der Waals surface area contributed by atoms with E-state index in [4.69, 9.17) is 9.47 Å². The summed E-state index contributed by atoms with van der Waals surface area (Å²) < 4.78 is 9.98. The Kier molecular flexibility index (Phi) is 8.30. The van der Waals surface area contributed by atoms with Gasteiger partial charge in [0.15, 0.2) is 6.61 Å². The summed E-state index contributed by atoms with van der Waals surface area (Å²) in [6, 6.07) is 13.2. The molecule has 0 bridgehead atoms. The van der Waals surface area contributed by atoms with Gasteiger partial charge in [0.1, 0.15) is 5.69 Å². The lowest BCUT2D eigenvalue weighted by Gasteiger charge is -2.25. The number of esters is 1. The third kappa shape index (κ3) is 6.02. The standard InChI is InChI=1S/C21H25N3O6/c1-15(16-7-5-4-6-8-16)23(2)20(25)14-30-21(26)17-9-10-18(22-11-12-29-3)19(13-17)24(27)28/h4-10,13,15,22H,11-12,14H2,1-3H3/t15-/m0/s1.